The fourth-order valence-corrected chi connectivity index (χ4v) is 2.89. The van der Waals surface area contributed by atoms with Gasteiger partial charge in [-0.05, 0) is 43.9 Å². The Morgan fingerprint density at radius 2 is 2.12 bits per heavy atom. The number of carbonyl (C=O) groups excluding carboxylic acids is 3. The molecule has 0 aromatic heterocycles. The van der Waals surface area contributed by atoms with Gasteiger partial charge in [0.15, 0.2) is 0 Å². The summed E-state index contributed by atoms with van der Waals surface area (Å²) in [6.45, 7) is 5.37. The molecule has 0 saturated carbocycles. The summed E-state index contributed by atoms with van der Waals surface area (Å²) >= 11 is 5.92. The van der Waals surface area contributed by atoms with Crippen LogP contribution in [0, 0.1) is 17.2 Å². The van der Waals surface area contributed by atoms with Crippen LogP contribution in [0.15, 0.2) is 18.2 Å². The summed E-state index contributed by atoms with van der Waals surface area (Å²) in [6.07, 6.45) is 1.30. The van der Waals surface area contributed by atoms with Gasteiger partial charge in [0.05, 0.1) is 10.6 Å². The van der Waals surface area contributed by atoms with Gasteiger partial charge in [-0.2, -0.15) is 5.26 Å². The molecule has 1 aliphatic rings. The van der Waals surface area contributed by atoms with Crippen LogP contribution in [0.25, 0.3) is 0 Å². The molecule has 1 aromatic rings. The van der Waals surface area contributed by atoms with Crippen molar-refractivity contribution in [2.24, 2.45) is 5.92 Å². The molecule has 2 rings (SSSR count). The zero-order valence-corrected chi connectivity index (χ0v) is 15.7. The number of nitriles is 1. The van der Waals surface area contributed by atoms with Gasteiger partial charge in [-0.3, -0.25) is 14.5 Å². The normalized spacial score (nSPS) is 19.5. The first-order valence-corrected chi connectivity index (χ1v) is 8.67. The molecule has 1 heterocycles. The Bertz CT molecular complexity index is 787. The highest BCUT2D eigenvalue weighted by molar-refractivity contribution is 6.32. The number of hydrogen-bond acceptors (Lipinski definition) is 4. The van der Waals surface area contributed by atoms with E-state index in [-0.39, 0.29) is 11.6 Å². The minimum atomic E-state index is -0.987. The fraction of sp³-hybridized carbons (Fsp3) is 0.444. The monoisotopic (exact) mass is 376 g/mol. The Morgan fingerprint density at radius 3 is 2.69 bits per heavy atom. The predicted molar refractivity (Wildman–Crippen MR) is 97.5 cm³/mol. The van der Waals surface area contributed by atoms with Gasteiger partial charge in [0, 0.05) is 5.69 Å². The summed E-state index contributed by atoms with van der Waals surface area (Å²) in [5.74, 6) is -0.534. The molecule has 7 nitrogen and oxygen atoms in total. The molecule has 0 bridgehead atoms. The van der Waals surface area contributed by atoms with Gasteiger partial charge in [0.2, 0.25) is 5.91 Å². The molecule has 1 aromatic carbocycles. The molecule has 0 aliphatic carbocycles. The van der Waals surface area contributed by atoms with E-state index in [1.165, 1.54) is 18.2 Å². The molecule has 1 fully saturated rings. The molecule has 138 valence electrons. The van der Waals surface area contributed by atoms with Crippen LogP contribution in [0.4, 0.5) is 10.5 Å². The molecule has 26 heavy (non-hydrogen) atoms. The van der Waals surface area contributed by atoms with E-state index in [0.29, 0.717) is 23.6 Å². The first-order chi connectivity index (χ1) is 12.2. The Hall–Kier alpha value is -2.59. The Balaban J connectivity index is 2.02. The summed E-state index contributed by atoms with van der Waals surface area (Å²) in [5.41, 5.74) is -0.312. The lowest BCUT2D eigenvalue weighted by Gasteiger charge is -2.22. The number of anilines is 1. The smallest absolute Gasteiger partial charge is 0.324 e. The van der Waals surface area contributed by atoms with Crippen molar-refractivity contribution in [2.75, 3.05) is 11.9 Å². The van der Waals surface area contributed by atoms with Crippen molar-refractivity contribution >= 4 is 35.1 Å². The zero-order valence-electron chi connectivity index (χ0n) is 14.9. The maximum atomic E-state index is 12.6. The maximum absolute atomic E-state index is 12.6. The highest BCUT2D eigenvalue weighted by atomic mass is 35.5. The van der Waals surface area contributed by atoms with Crippen LogP contribution in [0.5, 0.6) is 0 Å². The minimum Gasteiger partial charge on any atom is -0.324 e. The maximum Gasteiger partial charge on any atom is 0.325 e. The molecular formula is C18H21ClN4O3. The lowest BCUT2D eigenvalue weighted by molar-refractivity contribution is -0.133. The van der Waals surface area contributed by atoms with Crippen LogP contribution < -0.4 is 10.6 Å². The van der Waals surface area contributed by atoms with Gasteiger partial charge >= 0.3 is 6.03 Å². The fourth-order valence-electron chi connectivity index (χ4n) is 2.67. The van der Waals surface area contributed by atoms with E-state index >= 15 is 0 Å². The third-order valence-corrected chi connectivity index (χ3v) is 4.55. The number of halogens is 1. The first-order valence-electron chi connectivity index (χ1n) is 8.30. The molecule has 0 radical (unpaired) electrons. The molecule has 1 saturated heterocycles. The van der Waals surface area contributed by atoms with Crippen molar-refractivity contribution in [1.82, 2.24) is 10.2 Å². The van der Waals surface area contributed by atoms with E-state index in [1.807, 2.05) is 19.9 Å². The topological polar surface area (TPSA) is 102 Å². The number of benzene rings is 1. The third kappa shape index (κ3) is 4.33. The Labute approximate surface area is 157 Å². The number of rotatable bonds is 6. The van der Waals surface area contributed by atoms with Crippen LogP contribution in [-0.4, -0.2) is 34.8 Å². The lowest BCUT2D eigenvalue weighted by atomic mass is 9.92. The SMILES string of the molecule is CC(C)CC[C@@]1(C)NC(=O)N(CC(=O)Nc2ccc(C#N)c(Cl)c2)C1=O. The molecular weight excluding hydrogens is 356 g/mol. The van der Waals surface area contributed by atoms with E-state index in [2.05, 4.69) is 10.6 Å². The van der Waals surface area contributed by atoms with E-state index in [9.17, 15) is 14.4 Å². The van der Waals surface area contributed by atoms with Crippen molar-refractivity contribution in [2.45, 2.75) is 39.2 Å². The second-order valence-electron chi connectivity index (χ2n) is 6.94. The molecule has 0 spiro atoms. The van der Waals surface area contributed by atoms with Crippen molar-refractivity contribution in [3.8, 4) is 6.07 Å². The van der Waals surface area contributed by atoms with Crippen molar-refractivity contribution in [3.05, 3.63) is 28.8 Å². The average Bonchev–Trinajstić information content (AvgIpc) is 2.77. The Morgan fingerprint density at radius 1 is 1.42 bits per heavy atom. The number of nitrogens with one attached hydrogen (secondary N) is 2. The average molecular weight is 377 g/mol. The van der Waals surface area contributed by atoms with Gasteiger partial charge in [-0.1, -0.05) is 25.4 Å². The zero-order chi connectivity index (χ0) is 19.5. The van der Waals surface area contributed by atoms with Crippen LogP contribution >= 0.6 is 11.6 Å². The molecule has 8 heteroatoms. The van der Waals surface area contributed by atoms with E-state index in [0.717, 1.165) is 11.3 Å². The second kappa shape index (κ2) is 7.75. The number of nitrogens with zero attached hydrogens (tertiary/aromatic N) is 2. The minimum absolute atomic E-state index is 0.210. The largest absolute Gasteiger partial charge is 0.325 e. The highest BCUT2D eigenvalue weighted by Gasteiger charge is 2.47. The van der Waals surface area contributed by atoms with Crippen molar-refractivity contribution in [1.29, 1.82) is 5.26 Å². The third-order valence-electron chi connectivity index (χ3n) is 4.24. The predicted octanol–water partition coefficient (Wildman–Crippen LogP) is 2.90. The number of urea groups is 1. The number of carbonyl (C=O) groups is 3. The Kier molecular flexibility index (Phi) is 5.88. The summed E-state index contributed by atoms with van der Waals surface area (Å²) in [7, 11) is 0. The standard InChI is InChI=1S/C18H21ClN4O3/c1-11(2)6-7-18(3)16(25)23(17(26)22-18)10-15(24)21-13-5-4-12(9-20)14(19)8-13/h4-5,8,11H,6-7,10H2,1-3H3,(H,21,24)(H,22,26)/t18-/m1/s1. The van der Waals surface area contributed by atoms with Crippen LogP contribution in [0.2, 0.25) is 5.02 Å². The summed E-state index contributed by atoms with van der Waals surface area (Å²) < 4.78 is 0. The van der Waals surface area contributed by atoms with E-state index < -0.39 is 23.4 Å². The van der Waals surface area contributed by atoms with Crippen molar-refractivity contribution < 1.29 is 14.4 Å². The number of imide groups is 1. The van der Waals surface area contributed by atoms with Gasteiger partial charge in [-0.15, -0.1) is 0 Å². The quantitative estimate of drug-likeness (QED) is 0.745. The lowest BCUT2D eigenvalue weighted by Crippen LogP contribution is -2.44. The molecule has 1 atom stereocenters. The summed E-state index contributed by atoms with van der Waals surface area (Å²) in [6, 6.07) is 5.80. The summed E-state index contributed by atoms with van der Waals surface area (Å²) in [5, 5.41) is 14.3. The summed E-state index contributed by atoms with van der Waals surface area (Å²) in [4.78, 5) is 37.8. The molecule has 0 unspecified atom stereocenters. The van der Waals surface area contributed by atoms with Crippen LogP contribution in [0.3, 0.4) is 0 Å². The van der Waals surface area contributed by atoms with Gasteiger partial charge in [0.1, 0.15) is 18.2 Å². The highest BCUT2D eigenvalue weighted by Crippen LogP contribution is 2.25. The molecule has 2 N–H and O–H groups in total. The van der Waals surface area contributed by atoms with Gasteiger partial charge in [0.25, 0.3) is 5.91 Å². The van der Waals surface area contributed by atoms with Crippen LogP contribution in [-0.2, 0) is 9.59 Å². The molecule has 1 aliphatic heterocycles. The number of amides is 4. The van der Waals surface area contributed by atoms with E-state index in [4.69, 9.17) is 16.9 Å². The second-order valence-corrected chi connectivity index (χ2v) is 7.35. The number of hydrogen-bond donors (Lipinski definition) is 2. The first kappa shape index (κ1) is 19.7. The van der Waals surface area contributed by atoms with E-state index in [1.54, 1.807) is 6.92 Å². The van der Waals surface area contributed by atoms with Crippen LogP contribution in [0.1, 0.15) is 39.2 Å². The van der Waals surface area contributed by atoms with Gasteiger partial charge in [-0.25, -0.2) is 4.79 Å². The van der Waals surface area contributed by atoms with Crippen molar-refractivity contribution in [3.63, 3.8) is 0 Å². The molecule has 4 amide bonds. The van der Waals surface area contributed by atoms with Gasteiger partial charge < -0.3 is 10.6 Å².